The van der Waals surface area contributed by atoms with Gasteiger partial charge in [0.15, 0.2) is 0 Å². The quantitative estimate of drug-likeness (QED) is 0.771. The summed E-state index contributed by atoms with van der Waals surface area (Å²) < 4.78 is 53.3. The monoisotopic (exact) mass is 348 g/mol. The van der Waals surface area contributed by atoms with Crippen molar-refractivity contribution in [1.82, 2.24) is 10.2 Å². The third kappa shape index (κ3) is 6.35. The molecule has 134 valence electrons. The molecule has 0 unspecified atom stereocenters. The lowest BCUT2D eigenvalue weighted by molar-refractivity contribution is -0.121. The normalized spacial score (nSPS) is 16.6. The number of carbonyl (C=O) groups is 1. The molecular formula is C16H20F4N2O2. The molecule has 4 nitrogen and oxygen atoms in total. The van der Waals surface area contributed by atoms with E-state index in [-0.39, 0.29) is 30.7 Å². The van der Waals surface area contributed by atoms with Crippen LogP contribution < -0.4 is 10.1 Å². The number of halogens is 4. The zero-order chi connectivity index (χ0) is 17.5. The first-order valence-corrected chi connectivity index (χ1v) is 7.76. The van der Waals surface area contributed by atoms with Gasteiger partial charge in [0.25, 0.3) is 6.43 Å². The minimum absolute atomic E-state index is 0.00982. The Hall–Kier alpha value is -1.83. The molecule has 1 aliphatic rings. The molecule has 0 saturated carbocycles. The maximum atomic E-state index is 12.3. The van der Waals surface area contributed by atoms with Gasteiger partial charge in [-0.25, -0.2) is 8.78 Å². The number of alkyl halides is 4. The summed E-state index contributed by atoms with van der Waals surface area (Å²) in [5, 5.41) is 2.86. The number of nitrogens with one attached hydrogen (secondary N) is 1. The molecule has 24 heavy (non-hydrogen) atoms. The van der Waals surface area contributed by atoms with Crippen molar-refractivity contribution in [2.24, 2.45) is 0 Å². The number of carbonyl (C=O) groups excluding carboxylic acids is 1. The molecule has 0 spiro atoms. The highest BCUT2D eigenvalue weighted by Gasteiger charge is 2.22. The van der Waals surface area contributed by atoms with Gasteiger partial charge in [0, 0.05) is 19.1 Å². The van der Waals surface area contributed by atoms with E-state index in [9.17, 15) is 22.4 Å². The van der Waals surface area contributed by atoms with E-state index in [0.717, 1.165) is 0 Å². The van der Waals surface area contributed by atoms with E-state index in [1.807, 2.05) is 0 Å². The SMILES string of the molecule is O=C(Cc1cccc(OC(F)F)c1)NC1CCN(CC(F)F)CC1. The Balaban J connectivity index is 1.78. The number of hydrogen-bond donors (Lipinski definition) is 1. The molecular weight excluding hydrogens is 328 g/mol. The molecule has 1 heterocycles. The van der Waals surface area contributed by atoms with Crippen molar-refractivity contribution in [3.63, 3.8) is 0 Å². The number of nitrogens with zero attached hydrogens (tertiary/aromatic N) is 1. The zero-order valence-electron chi connectivity index (χ0n) is 13.1. The third-order valence-electron chi connectivity index (χ3n) is 3.84. The summed E-state index contributed by atoms with van der Waals surface area (Å²) in [6, 6.07) is 5.95. The number of rotatable bonds is 7. The van der Waals surface area contributed by atoms with Crippen LogP contribution in [0, 0.1) is 0 Å². The van der Waals surface area contributed by atoms with Crippen molar-refractivity contribution in [3.8, 4) is 5.75 Å². The molecule has 0 aliphatic carbocycles. The Morgan fingerprint density at radius 1 is 1.25 bits per heavy atom. The number of amides is 1. The first-order chi connectivity index (χ1) is 11.4. The molecule has 1 amide bonds. The van der Waals surface area contributed by atoms with Gasteiger partial charge in [-0.3, -0.25) is 9.69 Å². The van der Waals surface area contributed by atoms with Gasteiger partial charge in [0.1, 0.15) is 5.75 Å². The average Bonchev–Trinajstić information content (AvgIpc) is 2.48. The van der Waals surface area contributed by atoms with Gasteiger partial charge in [-0.1, -0.05) is 12.1 Å². The average molecular weight is 348 g/mol. The fraction of sp³-hybridized carbons (Fsp3) is 0.562. The lowest BCUT2D eigenvalue weighted by atomic mass is 10.0. The lowest BCUT2D eigenvalue weighted by Crippen LogP contribution is -2.46. The van der Waals surface area contributed by atoms with Crippen molar-refractivity contribution >= 4 is 5.91 Å². The Kier molecular flexibility index (Phi) is 6.84. The summed E-state index contributed by atoms with van der Waals surface area (Å²) in [7, 11) is 0. The number of benzene rings is 1. The van der Waals surface area contributed by atoms with Crippen molar-refractivity contribution in [2.45, 2.75) is 38.3 Å². The predicted molar refractivity (Wildman–Crippen MR) is 80.4 cm³/mol. The summed E-state index contributed by atoms with van der Waals surface area (Å²) in [6.45, 7) is -2.11. The van der Waals surface area contributed by atoms with E-state index in [1.165, 1.54) is 12.1 Å². The molecule has 1 aromatic rings. The van der Waals surface area contributed by atoms with E-state index in [4.69, 9.17) is 0 Å². The molecule has 0 atom stereocenters. The highest BCUT2D eigenvalue weighted by molar-refractivity contribution is 5.79. The minimum atomic E-state index is -2.91. The van der Waals surface area contributed by atoms with Crippen LogP contribution in [0.25, 0.3) is 0 Å². The number of hydrogen-bond acceptors (Lipinski definition) is 3. The van der Waals surface area contributed by atoms with Gasteiger partial charge in [-0.2, -0.15) is 8.78 Å². The van der Waals surface area contributed by atoms with Gasteiger partial charge in [0.2, 0.25) is 5.91 Å². The van der Waals surface area contributed by atoms with Crippen molar-refractivity contribution in [1.29, 1.82) is 0 Å². The maximum absolute atomic E-state index is 12.3. The Labute approximate surface area is 137 Å². The van der Waals surface area contributed by atoms with Gasteiger partial charge in [0.05, 0.1) is 13.0 Å². The van der Waals surface area contributed by atoms with Gasteiger partial charge >= 0.3 is 6.61 Å². The second-order valence-electron chi connectivity index (χ2n) is 5.74. The van der Waals surface area contributed by atoms with E-state index >= 15 is 0 Å². The smallest absolute Gasteiger partial charge is 0.387 e. The van der Waals surface area contributed by atoms with E-state index in [0.29, 0.717) is 31.5 Å². The van der Waals surface area contributed by atoms with Crippen LogP contribution in [-0.2, 0) is 11.2 Å². The van der Waals surface area contributed by atoms with Crippen LogP contribution in [0.2, 0.25) is 0 Å². The molecule has 8 heteroatoms. The molecule has 0 radical (unpaired) electrons. The van der Waals surface area contributed by atoms with Crippen LogP contribution >= 0.6 is 0 Å². The molecule has 1 aliphatic heterocycles. The molecule has 2 rings (SSSR count). The molecule has 0 bridgehead atoms. The largest absolute Gasteiger partial charge is 0.435 e. The van der Waals surface area contributed by atoms with Crippen LogP contribution in [0.5, 0.6) is 5.75 Å². The highest BCUT2D eigenvalue weighted by Crippen LogP contribution is 2.17. The van der Waals surface area contributed by atoms with Gasteiger partial charge in [-0.05, 0) is 30.5 Å². The number of ether oxygens (including phenoxy) is 1. The Morgan fingerprint density at radius 3 is 2.58 bits per heavy atom. The van der Waals surface area contributed by atoms with Crippen LogP contribution in [0.15, 0.2) is 24.3 Å². The first kappa shape index (κ1) is 18.5. The summed E-state index contributed by atoms with van der Waals surface area (Å²) in [6.07, 6.45) is -1.06. The van der Waals surface area contributed by atoms with E-state index < -0.39 is 13.0 Å². The summed E-state index contributed by atoms with van der Waals surface area (Å²) in [5.41, 5.74) is 0.570. The highest BCUT2D eigenvalue weighted by atomic mass is 19.3. The molecule has 0 aromatic heterocycles. The fourth-order valence-electron chi connectivity index (χ4n) is 2.75. The summed E-state index contributed by atoms with van der Waals surface area (Å²) in [5.74, 6) is -0.216. The lowest BCUT2D eigenvalue weighted by Gasteiger charge is -2.32. The number of piperidine rings is 1. The fourth-order valence-corrected chi connectivity index (χ4v) is 2.75. The predicted octanol–water partition coefficient (Wildman–Crippen LogP) is 2.68. The summed E-state index contributed by atoms with van der Waals surface area (Å²) >= 11 is 0. The zero-order valence-corrected chi connectivity index (χ0v) is 13.1. The van der Waals surface area contributed by atoms with Gasteiger partial charge in [-0.15, -0.1) is 0 Å². The molecule has 1 saturated heterocycles. The van der Waals surface area contributed by atoms with Gasteiger partial charge < -0.3 is 10.1 Å². The Bertz CT molecular complexity index is 535. The van der Waals surface area contributed by atoms with E-state index in [2.05, 4.69) is 10.1 Å². The topological polar surface area (TPSA) is 41.6 Å². The van der Waals surface area contributed by atoms with Crippen molar-refractivity contribution in [2.75, 3.05) is 19.6 Å². The second-order valence-corrected chi connectivity index (χ2v) is 5.74. The molecule has 1 aromatic carbocycles. The van der Waals surface area contributed by atoms with Crippen LogP contribution in [0.3, 0.4) is 0 Å². The minimum Gasteiger partial charge on any atom is -0.435 e. The van der Waals surface area contributed by atoms with Crippen LogP contribution in [0.4, 0.5) is 17.6 Å². The van der Waals surface area contributed by atoms with Crippen LogP contribution in [0.1, 0.15) is 18.4 Å². The molecule has 1 fully saturated rings. The molecule has 1 N–H and O–H groups in total. The van der Waals surface area contributed by atoms with Crippen molar-refractivity contribution < 1.29 is 27.1 Å². The Morgan fingerprint density at radius 2 is 1.96 bits per heavy atom. The van der Waals surface area contributed by atoms with E-state index in [1.54, 1.807) is 17.0 Å². The first-order valence-electron chi connectivity index (χ1n) is 7.76. The van der Waals surface area contributed by atoms with Crippen LogP contribution in [-0.4, -0.2) is 49.5 Å². The third-order valence-corrected chi connectivity index (χ3v) is 3.84. The standard InChI is InChI=1S/C16H20F4N2O2/c17-14(18)10-22-6-4-12(5-7-22)21-15(23)9-11-2-1-3-13(8-11)24-16(19)20/h1-3,8,12,14,16H,4-7,9-10H2,(H,21,23). The maximum Gasteiger partial charge on any atom is 0.387 e. The number of likely N-dealkylation sites (tertiary alicyclic amines) is 1. The van der Waals surface area contributed by atoms with Crippen molar-refractivity contribution in [3.05, 3.63) is 29.8 Å². The summed E-state index contributed by atoms with van der Waals surface area (Å²) in [4.78, 5) is 13.7. The second kappa shape index (κ2) is 8.86.